The van der Waals surface area contributed by atoms with Crippen LogP contribution in [0.3, 0.4) is 0 Å². The van der Waals surface area contributed by atoms with Crippen molar-refractivity contribution in [1.29, 1.82) is 0 Å². The summed E-state index contributed by atoms with van der Waals surface area (Å²) in [6.07, 6.45) is 2.19. The zero-order valence-electron chi connectivity index (χ0n) is 17.3. The number of carbonyl (C=O) groups is 2. The molecule has 0 bridgehead atoms. The number of amides is 2. The van der Waals surface area contributed by atoms with Gasteiger partial charge in [0.1, 0.15) is 5.54 Å². The summed E-state index contributed by atoms with van der Waals surface area (Å²) in [4.78, 5) is 28.7. The lowest BCUT2D eigenvalue weighted by Crippen LogP contribution is -2.59. The normalized spacial score (nSPS) is 19.3. The van der Waals surface area contributed by atoms with Crippen molar-refractivity contribution in [3.05, 3.63) is 65.2 Å². The number of hydrogen-bond acceptors (Lipinski definition) is 2. The topological polar surface area (TPSA) is 49.4 Å². The van der Waals surface area contributed by atoms with Crippen LogP contribution in [-0.4, -0.2) is 23.9 Å². The lowest BCUT2D eigenvalue weighted by molar-refractivity contribution is -0.126. The van der Waals surface area contributed by atoms with Gasteiger partial charge < -0.3 is 5.32 Å². The van der Waals surface area contributed by atoms with Crippen LogP contribution >= 0.6 is 0 Å². The van der Waals surface area contributed by atoms with E-state index in [4.69, 9.17) is 0 Å². The number of aryl methyl sites for hydroxylation is 2. The predicted octanol–water partition coefficient (Wildman–Crippen LogP) is 4.51. The van der Waals surface area contributed by atoms with Gasteiger partial charge in [0.25, 0.3) is 5.91 Å². The lowest BCUT2D eigenvalue weighted by Gasteiger charge is -2.39. The largest absolute Gasteiger partial charge is 0.354 e. The average Bonchev–Trinajstić information content (AvgIpc) is 2.78. The van der Waals surface area contributed by atoms with E-state index in [0.717, 1.165) is 23.2 Å². The molecule has 2 aromatic rings. The molecule has 4 heteroatoms. The molecular formula is C24H30N2O2. The van der Waals surface area contributed by atoms with E-state index in [1.807, 2.05) is 62.4 Å². The number of para-hydroxylation sites is 1. The second kappa shape index (κ2) is 8.17. The Balaban J connectivity index is 2.05. The second-order valence-corrected chi connectivity index (χ2v) is 8.30. The maximum Gasteiger partial charge on any atom is 0.259 e. The third kappa shape index (κ3) is 3.82. The van der Waals surface area contributed by atoms with Gasteiger partial charge in [-0.15, -0.1) is 0 Å². The van der Waals surface area contributed by atoms with Crippen molar-refractivity contribution in [3.63, 3.8) is 0 Å². The van der Waals surface area contributed by atoms with Gasteiger partial charge in [-0.05, 0) is 62.3 Å². The van der Waals surface area contributed by atoms with Crippen molar-refractivity contribution in [2.75, 3.05) is 11.4 Å². The van der Waals surface area contributed by atoms with Crippen LogP contribution in [0.2, 0.25) is 0 Å². The third-order valence-corrected chi connectivity index (χ3v) is 5.68. The fraction of sp³-hybridized carbons (Fsp3) is 0.417. The molecule has 28 heavy (non-hydrogen) atoms. The Labute approximate surface area is 167 Å². The molecule has 2 amide bonds. The molecule has 2 aromatic carbocycles. The van der Waals surface area contributed by atoms with Crippen LogP contribution in [0, 0.1) is 12.8 Å². The van der Waals surface area contributed by atoms with Gasteiger partial charge in [0.05, 0.1) is 0 Å². The van der Waals surface area contributed by atoms with Crippen LogP contribution < -0.4 is 10.2 Å². The average molecular weight is 379 g/mol. The Kier molecular flexibility index (Phi) is 5.87. The molecule has 0 saturated heterocycles. The SMILES string of the molecule is Cc1ccccc1N1C(=O)c2ccccc2CCC1(C)C(=O)NCCC(C)C. The molecule has 148 valence electrons. The Bertz CT molecular complexity index is 874. The van der Waals surface area contributed by atoms with Gasteiger partial charge in [-0.25, -0.2) is 0 Å². The van der Waals surface area contributed by atoms with E-state index >= 15 is 0 Å². The molecule has 1 aliphatic heterocycles. The van der Waals surface area contributed by atoms with Crippen molar-refractivity contribution >= 4 is 17.5 Å². The van der Waals surface area contributed by atoms with E-state index in [2.05, 4.69) is 19.2 Å². The van der Waals surface area contributed by atoms with Crippen molar-refractivity contribution < 1.29 is 9.59 Å². The zero-order valence-corrected chi connectivity index (χ0v) is 17.3. The van der Waals surface area contributed by atoms with E-state index in [0.29, 0.717) is 30.9 Å². The highest BCUT2D eigenvalue weighted by molar-refractivity contribution is 6.13. The molecule has 0 spiro atoms. The molecular weight excluding hydrogens is 348 g/mol. The third-order valence-electron chi connectivity index (χ3n) is 5.68. The summed E-state index contributed by atoms with van der Waals surface area (Å²) in [5, 5.41) is 3.09. The second-order valence-electron chi connectivity index (χ2n) is 8.30. The minimum Gasteiger partial charge on any atom is -0.354 e. The minimum absolute atomic E-state index is 0.0856. The number of nitrogens with zero attached hydrogens (tertiary/aromatic N) is 1. The van der Waals surface area contributed by atoms with Gasteiger partial charge in [-0.2, -0.15) is 0 Å². The molecule has 0 fully saturated rings. The lowest BCUT2D eigenvalue weighted by atomic mass is 9.90. The van der Waals surface area contributed by atoms with E-state index in [-0.39, 0.29) is 11.8 Å². The number of rotatable bonds is 5. The van der Waals surface area contributed by atoms with Gasteiger partial charge in [0.15, 0.2) is 0 Å². The van der Waals surface area contributed by atoms with Crippen molar-refractivity contribution in [2.45, 2.75) is 52.5 Å². The first-order chi connectivity index (χ1) is 13.3. The first kappa shape index (κ1) is 20.1. The van der Waals surface area contributed by atoms with E-state index in [1.165, 1.54) is 0 Å². The van der Waals surface area contributed by atoms with Gasteiger partial charge in [-0.1, -0.05) is 50.2 Å². The molecule has 0 radical (unpaired) electrons. The molecule has 1 unspecified atom stereocenters. The van der Waals surface area contributed by atoms with Crippen LogP contribution in [0.25, 0.3) is 0 Å². The number of benzene rings is 2. The number of fused-ring (bicyclic) bond motifs is 1. The van der Waals surface area contributed by atoms with Crippen LogP contribution in [-0.2, 0) is 11.2 Å². The number of hydrogen-bond donors (Lipinski definition) is 1. The first-order valence-corrected chi connectivity index (χ1v) is 10.1. The molecule has 1 heterocycles. The van der Waals surface area contributed by atoms with Crippen LogP contribution in [0.15, 0.2) is 48.5 Å². The number of anilines is 1. The molecule has 0 aromatic heterocycles. The van der Waals surface area contributed by atoms with E-state index in [9.17, 15) is 9.59 Å². The van der Waals surface area contributed by atoms with Crippen molar-refractivity contribution in [2.24, 2.45) is 5.92 Å². The highest BCUT2D eigenvalue weighted by Gasteiger charge is 2.45. The summed E-state index contributed by atoms with van der Waals surface area (Å²) in [5.74, 6) is 0.321. The number of carbonyl (C=O) groups excluding carboxylic acids is 2. The van der Waals surface area contributed by atoms with Crippen molar-refractivity contribution in [1.82, 2.24) is 5.32 Å². The van der Waals surface area contributed by atoms with Crippen LogP contribution in [0.4, 0.5) is 5.69 Å². The maximum absolute atomic E-state index is 13.6. The molecule has 1 aliphatic rings. The standard InChI is InChI=1S/C24H30N2O2/c1-17(2)14-16-25-23(28)24(4)15-13-19-10-6-7-11-20(19)22(27)26(24)21-12-8-5-9-18(21)3/h5-12,17H,13-16H2,1-4H3,(H,25,28). The summed E-state index contributed by atoms with van der Waals surface area (Å²) in [5.41, 5.74) is 2.52. The number of nitrogens with one attached hydrogen (secondary N) is 1. The molecule has 1 N–H and O–H groups in total. The summed E-state index contributed by atoms with van der Waals surface area (Å²) in [7, 11) is 0. The Morgan fingerprint density at radius 1 is 1.14 bits per heavy atom. The Hall–Kier alpha value is -2.62. The highest BCUT2D eigenvalue weighted by Crippen LogP contribution is 2.36. The van der Waals surface area contributed by atoms with Gasteiger partial charge in [0, 0.05) is 17.8 Å². The zero-order chi connectivity index (χ0) is 20.3. The predicted molar refractivity (Wildman–Crippen MR) is 114 cm³/mol. The van der Waals surface area contributed by atoms with Gasteiger partial charge in [0.2, 0.25) is 5.91 Å². The summed E-state index contributed by atoms with van der Waals surface area (Å²) >= 11 is 0. The van der Waals surface area contributed by atoms with Crippen LogP contribution in [0.1, 0.15) is 55.1 Å². The van der Waals surface area contributed by atoms with Gasteiger partial charge >= 0.3 is 0 Å². The quantitative estimate of drug-likeness (QED) is 0.832. The van der Waals surface area contributed by atoms with Crippen molar-refractivity contribution in [3.8, 4) is 0 Å². The maximum atomic E-state index is 13.6. The first-order valence-electron chi connectivity index (χ1n) is 10.1. The summed E-state index contributed by atoms with van der Waals surface area (Å²) < 4.78 is 0. The molecule has 3 rings (SSSR count). The van der Waals surface area contributed by atoms with E-state index in [1.54, 1.807) is 4.90 Å². The minimum atomic E-state index is -0.945. The molecule has 4 nitrogen and oxygen atoms in total. The molecule has 1 atom stereocenters. The molecule has 0 aliphatic carbocycles. The Morgan fingerprint density at radius 3 is 2.54 bits per heavy atom. The van der Waals surface area contributed by atoms with E-state index < -0.39 is 5.54 Å². The monoisotopic (exact) mass is 378 g/mol. The smallest absolute Gasteiger partial charge is 0.259 e. The fourth-order valence-electron chi connectivity index (χ4n) is 3.85. The Morgan fingerprint density at radius 2 is 1.82 bits per heavy atom. The summed E-state index contributed by atoms with van der Waals surface area (Å²) in [6.45, 7) is 8.78. The molecule has 0 saturated carbocycles. The fourth-order valence-corrected chi connectivity index (χ4v) is 3.85. The highest BCUT2D eigenvalue weighted by atomic mass is 16.2. The summed E-state index contributed by atoms with van der Waals surface area (Å²) in [6, 6.07) is 15.5. The van der Waals surface area contributed by atoms with Crippen LogP contribution in [0.5, 0.6) is 0 Å². The van der Waals surface area contributed by atoms with Gasteiger partial charge in [-0.3, -0.25) is 14.5 Å².